The summed E-state index contributed by atoms with van der Waals surface area (Å²) < 4.78 is 13.8. The summed E-state index contributed by atoms with van der Waals surface area (Å²) >= 11 is 0. The number of fused-ring (bicyclic) bond motifs is 1. The molecular formula is C16H11FN2O2. The van der Waals surface area contributed by atoms with E-state index >= 15 is 0 Å². The van der Waals surface area contributed by atoms with Gasteiger partial charge in [-0.1, -0.05) is 18.2 Å². The van der Waals surface area contributed by atoms with Crippen molar-refractivity contribution < 1.29 is 14.3 Å². The Kier molecular flexibility index (Phi) is 3.23. The van der Waals surface area contributed by atoms with Crippen LogP contribution in [-0.4, -0.2) is 21.0 Å². The van der Waals surface area contributed by atoms with Crippen LogP contribution in [0.4, 0.5) is 4.39 Å². The molecule has 2 aromatic heterocycles. The number of hydrogen-bond acceptors (Lipinski definition) is 2. The first-order chi connectivity index (χ1) is 10.2. The van der Waals surface area contributed by atoms with Crippen molar-refractivity contribution in [3.05, 3.63) is 65.7 Å². The molecule has 0 amide bonds. The molecule has 2 N–H and O–H groups in total. The Labute approximate surface area is 119 Å². The number of aliphatic carboxylic acids is 1. The molecule has 4 nitrogen and oxygen atoms in total. The topological polar surface area (TPSA) is 66.0 Å². The van der Waals surface area contributed by atoms with E-state index in [4.69, 9.17) is 0 Å². The molecule has 0 aliphatic carbocycles. The Bertz CT molecular complexity index is 852. The van der Waals surface area contributed by atoms with Gasteiger partial charge in [-0.3, -0.25) is 0 Å². The summed E-state index contributed by atoms with van der Waals surface area (Å²) in [7, 11) is 0. The first kappa shape index (κ1) is 13.1. The number of benzene rings is 1. The Hall–Kier alpha value is -2.95. The van der Waals surface area contributed by atoms with Crippen molar-refractivity contribution in [2.75, 3.05) is 0 Å². The maximum absolute atomic E-state index is 13.8. The predicted molar refractivity (Wildman–Crippen MR) is 78.0 cm³/mol. The number of hydrogen-bond donors (Lipinski definition) is 2. The SMILES string of the molecule is O=C(O)C(=Cc1c[nH]c2ncccc12)c1ccccc1F. The van der Waals surface area contributed by atoms with Gasteiger partial charge in [0.2, 0.25) is 0 Å². The van der Waals surface area contributed by atoms with Crippen LogP contribution in [0.3, 0.4) is 0 Å². The third-order valence-electron chi connectivity index (χ3n) is 3.18. The van der Waals surface area contributed by atoms with Gasteiger partial charge in [-0.2, -0.15) is 0 Å². The van der Waals surface area contributed by atoms with E-state index < -0.39 is 11.8 Å². The van der Waals surface area contributed by atoms with Crippen molar-refractivity contribution in [2.45, 2.75) is 0 Å². The first-order valence-corrected chi connectivity index (χ1v) is 6.29. The standard InChI is InChI=1S/C16H11FN2O2/c17-14-6-2-1-4-12(14)13(16(20)21)8-10-9-19-15-11(10)5-3-7-18-15/h1-9H,(H,18,19)(H,20,21). The maximum Gasteiger partial charge on any atom is 0.336 e. The van der Waals surface area contributed by atoms with E-state index in [0.29, 0.717) is 11.2 Å². The van der Waals surface area contributed by atoms with Gasteiger partial charge in [0.05, 0.1) is 5.57 Å². The van der Waals surface area contributed by atoms with E-state index in [2.05, 4.69) is 9.97 Å². The summed E-state index contributed by atoms with van der Waals surface area (Å²) in [6, 6.07) is 9.40. The minimum absolute atomic E-state index is 0.0586. The highest BCUT2D eigenvalue weighted by molar-refractivity contribution is 6.21. The largest absolute Gasteiger partial charge is 0.478 e. The van der Waals surface area contributed by atoms with Crippen LogP contribution in [0, 0.1) is 5.82 Å². The van der Waals surface area contributed by atoms with Crippen molar-refractivity contribution in [1.29, 1.82) is 0 Å². The zero-order valence-corrected chi connectivity index (χ0v) is 10.9. The lowest BCUT2D eigenvalue weighted by molar-refractivity contribution is -0.130. The average Bonchev–Trinajstić information content (AvgIpc) is 2.89. The fourth-order valence-electron chi connectivity index (χ4n) is 2.19. The quantitative estimate of drug-likeness (QED) is 0.724. The van der Waals surface area contributed by atoms with Gasteiger partial charge in [-0.05, 0) is 24.3 Å². The van der Waals surface area contributed by atoms with Crippen LogP contribution >= 0.6 is 0 Å². The minimum atomic E-state index is -1.18. The summed E-state index contributed by atoms with van der Waals surface area (Å²) in [5.74, 6) is -1.75. The van der Waals surface area contributed by atoms with E-state index in [9.17, 15) is 14.3 Å². The van der Waals surface area contributed by atoms with Crippen molar-refractivity contribution in [2.24, 2.45) is 0 Å². The second-order valence-electron chi connectivity index (χ2n) is 4.49. The number of pyridine rings is 1. The molecule has 0 aliphatic heterocycles. The first-order valence-electron chi connectivity index (χ1n) is 6.29. The molecule has 3 aromatic rings. The Morgan fingerprint density at radius 2 is 2.05 bits per heavy atom. The smallest absolute Gasteiger partial charge is 0.336 e. The van der Waals surface area contributed by atoms with Gasteiger partial charge >= 0.3 is 5.97 Å². The van der Waals surface area contributed by atoms with Crippen molar-refractivity contribution in [3.63, 3.8) is 0 Å². The number of carboxylic acid groups (broad SMARTS) is 1. The molecule has 1 aromatic carbocycles. The fourth-order valence-corrected chi connectivity index (χ4v) is 2.19. The maximum atomic E-state index is 13.8. The number of H-pyrrole nitrogens is 1. The molecule has 21 heavy (non-hydrogen) atoms. The van der Waals surface area contributed by atoms with Gasteiger partial charge in [0.1, 0.15) is 11.5 Å². The van der Waals surface area contributed by atoms with Crippen molar-refractivity contribution in [1.82, 2.24) is 9.97 Å². The van der Waals surface area contributed by atoms with Crippen LogP contribution in [0.2, 0.25) is 0 Å². The second kappa shape index (κ2) is 5.20. The number of carbonyl (C=O) groups is 1. The number of aromatic nitrogens is 2. The molecule has 2 heterocycles. The summed E-state index contributed by atoms with van der Waals surface area (Å²) in [5.41, 5.74) is 1.27. The lowest BCUT2D eigenvalue weighted by Gasteiger charge is -2.04. The summed E-state index contributed by atoms with van der Waals surface area (Å²) in [6.07, 6.45) is 4.74. The molecular weight excluding hydrogens is 271 g/mol. The van der Waals surface area contributed by atoms with Gasteiger partial charge < -0.3 is 10.1 Å². The predicted octanol–water partition coefficient (Wildman–Crippen LogP) is 3.33. The highest BCUT2D eigenvalue weighted by Crippen LogP contribution is 2.24. The van der Waals surface area contributed by atoms with E-state index in [1.165, 1.54) is 24.3 Å². The average molecular weight is 282 g/mol. The van der Waals surface area contributed by atoms with Crippen LogP contribution in [0.5, 0.6) is 0 Å². The van der Waals surface area contributed by atoms with Crippen LogP contribution in [0.25, 0.3) is 22.7 Å². The van der Waals surface area contributed by atoms with Crippen molar-refractivity contribution >= 4 is 28.7 Å². The van der Waals surface area contributed by atoms with Crippen molar-refractivity contribution in [3.8, 4) is 0 Å². The zero-order chi connectivity index (χ0) is 14.8. The lowest BCUT2D eigenvalue weighted by atomic mass is 10.0. The fraction of sp³-hybridized carbons (Fsp3) is 0. The molecule has 0 radical (unpaired) electrons. The molecule has 5 heteroatoms. The summed E-state index contributed by atoms with van der Waals surface area (Å²) in [5, 5.41) is 10.1. The second-order valence-corrected chi connectivity index (χ2v) is 4.49. The Morgan fingerprint density at radius 1 is 1.24 bits per heavy atom. The minimum Gasteiger partial charge on any atom is -0.478 e. The van der Waals surface area contributed by atoms with Gasteiger partial charge in [0, 0.05) is 28.9 Å². The molecule has 0 unspecified atom stereocenters. The Balaban J connectivity index is 2.18. The third kappa shape index (κ3) is 2.41. The molecule has 3 rings (SSSR count). The summed E-state index contributed by atoms with van der Waals surface area (Å²) in [4.78, 5) is 18.5. The zero-order valence-electron chi connectivity index (χ0n) is 10.9. The monoisotopic (exact) mass is 282 g/mol. The number of rotatable bonds is 3. The normalized spacial score (nSPS) is 11.8. The highest BCUT2D eigenvalue weighted by Gasteiger charge is 2.15. The van der Waals surface area contributed by atoms with E-state index in [0.717, 1.165) is 5.39 Å². The molecule has 0 bridgehead atoms. The van der Waals surface area contributed by atoms with Gasteiger partial charge in [-0.15, -0.1) is 0 Å². The number of nitrogens with zero attached hydrogens (tertiary/aromatic N) is 1. The van der Waals surface area contributed by atoms with Gasteiger partial charge in [0.15, 0.2) is 0 Å². The molecule has 0 fully saturated rings. The highest BCUT2D eigenvalue weighted by atomic mass is 19.1. The third-order valence-corrected chi connectivity index (χ3v) is 3.18. The van der Waals surface area contributed by atoms with E-state index in [1.54, 1.807) is 24.5 Å². The van der Waals surface area contributed by atoms with Gasteiger partial charge in [0.25, 0.3) is 0 Å². The molecule has 0 atom stereocenters. The number of halogens is 1. The van der Waals surface area contributed by atoms with E-state index in [-0.39, 0.29) is 11.1 Å². The molecule has 0 spiro atoms. The number of nitrogens with one attached hydrogen (secondary N) is 1. The van der Waals surface area contributed by atoms with Crippen LogP contribution in [0.15, 0.2) is 48.8 Å². The van der Waals surface area contributed by atoms with Crippen LogP contribution in [-0.2, 0) is 4.79 Å². The van der Waals surface area contributed by atoms with Crippen LogP contribution < -0.4 is 0 Å². The lowest BCUT2D eigenvalue weighted by Crippen LogP contribution is -2.01. The number of aromatic amines is 1. The molecule has 0 saturated heterocycles. The Morgan fingerprint density at radius 3 is 2.81 bits per heavy atom. The molecule has 0 aliphatic rings. The van der Waals surface area contributed by atoms with Crippen LogP contribution in [0.1, 0.15) is 11.1 Å². The van der Waals surface area contributed by atoms with Gasteiger partial charge in [-0.25, -0.2) is 14.2 Å². The summed E-state index contributed by atoms with van der Waals surface area (Å²) in [6.45, 7) is 0. The molecule has 0 saturated carbocycles. The molecule has 104 valence electrons. The van der Waals surface area contributed by atoms with E-state index in [1.807, 2.05) is 6.07 Å². The number of carboxylic acids is 1.